The third-order valence-electron chi connectivity index (χ3n) is 3.43. The molecule has 3 heteroatoms. The average molecular weight is 399 g/mol. The molecule has 0 spiro atoms. The number of hydrogen-bond acceptors (Lipinski definition) is 2. The van der Waals surface area contributed by atoms with Crippen LogP contribution < -0.4 is 5.32 Å². The fourth-order valence-electron chi connectivity index (χ4n) is 2.37. The van der Waals surface area contributed by atoms with Gasteiger partial charge in [-0.2, -0.15) is 0 Å². The van der Waals surface area contributed by atoms with Crippen molar-refractivity contribution in [2.75, 3.05) is 6.54 Å². The van der Waals surface area contributed by atoms with Gasteiger partial charge in [0.1, 0.15) is 0 Å². The first-order chi connectivity index (χ1) is 9.79. The maximum atomic E-state index is 3.69. The van der Waals surface area contributed by atoms with Crippen molar-refractivity contribution in [3.05, 3.63) is 55.8 Å². The van der Waals surface area contributed by atoms with Crippen molar-refractivity contribution in [2.24, 2.45) is 0 Å². The van der Waals surface area contributed by atoms with Crippen LogP contribution in [0.4, 0.5) is 0 Å². The predicted octanol–water partition coefficient (Wildman–Crippen LogP) is 5.42. The summed E-state index contributed by atoms with van der Waals surface area (Å²) in [5.41, 5.74) is 2.91. The first-order valence-corrected chi connectivity index (χ1v) is 9.26. The number of benzene rings is 1. The molecule has 0 aliphatic heterocycles. The van der Waals surface area contributed by atoms with Crippen molar-refractivity contribution in [1.82, 2.24) is 5.32 Å². The number of halogens is 1. The summed E-state index contributed by atoms with van der Waals surface area (Å²) in [6, 6.07) is 13.6. The van der Waals surface area contributed by atoms with Gasteiger partial charge in [0.25, 0.3) is 0 Å². The summed E-state index contributed by atoms with van der Waals surface area (Å²) in [7, 11) is 0. The van der Waals surface area contributed by atoms with E-state index in [1.165, 1.54) is 39.7 Å². The minimum atomic E-state index is 0.512. The lowest BCUT2D eigenvalue weighted by Crippen LogP contribution is -2.21. The van der Waals surface area contributed by atoms with Crippen molar-refractivity contribution in [2.45, 2.75) is 38.6 Å². The van der Waals surface area contributed by atoms with Crippen LogP contribution in [0.3, 0.4) is 0 Å². The number of thiophene rings is 1. The Bertz CT molecular complexity index is 495. The molecule has 20 heavy (non-hydrogen) atoms. The molecule has 1 heterocycles. The molecule has 1 aromatic heterocycles. The predicted molar refractivity (Wildman–Crippen MR) is 97.5 cm³/mol. The van der Waals surface area contributed by atoms with Gasteiger partial charge in [0, 0.05) is 6.04 Å². The number of hydrogen-bond donors (Lipinski definition) is 1. The van der Waals surface area contributed by atoms with E-state index in [0.717, 1.165) is 6.54 Å². The molecule has 1 unspecified atom stereocenters. The molecule has 1 atom stereocenters. The van der Waals surface area contributed by atoms with Gasteiger partial charge in [-0.05, 0) is 77.4 Å². The fraction of sp³-hybridized carbons (Fsp3) is 0.412. The molecule has 0 fully saturated rings. The van der Waals surface area contributed by atoms with Gasteiger partial charge in [-0.15, -0.1) is 11.3 Å². The Morgan fingerprint density at radius 3 is 2.70 bits per heavy atom. The maximum absolute atomic E-state index is 3.69. The van der Waals surface area contributed by atoms with Gasteiger partial charge in [-0.3, -0.25) is 0 Å². The minimum Gasteiger partial charge on any atom is -0.310 e. The van der Waals surface area contributed by atoms with Crippen LogP contribution in [0.15, 0.2) is 41.8 Å². The first-order valence-electron chi connectivity index (χ1n) is 7.31. The van der Waals surface area contributed by atoms with Gasteiger partial charge in [0.15, 0.2) is 0 Å². The van der Waals surface area contributed by atoms with Crippen LogP contribution in [0.25, 0.3) is 0 Å². The van der Waals surface area contributed by atoms with Crippen LogP contribution in [0, 0.1) is 2.88 Å². The molecule has 0 bridgehead atoms. The Labute approximate surface area is 139 Å². The Balaban J connectivity index is 1.87. The highest BCUT2D eigenvalue weighted by atomic mass is 127. The molecule has 2 aromatic rings. The highest BCUT2D eigenvalue weighted by molar-refractivity contribution is 14.1. The summed E-state index contributed by atoms with van der Waals surface area (Å²) >= 11 is 4.25. The quantitative estimate of drug-likeness (QED) is 0.585. The van der Waals surface area contributed by atoms with Gasteiger partial charge in [-0.1, -0.05) is 37.3 Å². The van der Waals surface area contributed by atoms with E-state index in [1.54, 1.807) is 0 Å². The smallest absolute Gasteiger partial charge is 0.0656 e. The molecule has 1 aromatic carbocycles. The topological polar surface area (TPSA) is 12.0 Å². The minimum absolute atomic E-state index is 0.512. The number of rotatable bonds is 8. The summed E-state index contributed by atoms with van der Waals surface area (Å²) in [6.45, 7) is 3.33. The van der Waals surface area contributed by atoms with Crippen LogP contribution in [0.2, 0.25) is 0 Å². The monoisotopic (exact) mass is 399 g/mol. The second-order valence-electron chi connectivity index (χ2n) is 5.07. The average Bonchev–Trinajstić information content (AvgIpc) is 2.90. The highest BCUT2D eigenvalue weighted by Gasteiger charge is 2.12. The molecule has 1 nitrogen and oxygen atoms in total. The third kappa shape index (κ3) is 5.19. The Morgan fingerprint density at radius 1 is 1.25 bits per heavy atom. The SMILES string of the molecule is CCCNC(CCCc1ccccc1)c1csc(I)c1. The second kappa shape index (κ2) is 8.80. The standard InChI is InChI=1S/C17H22INS/c1-2-11-19-16(15-12-17(18)20-13-15)10-6-9-14-7-4-3-5-8-14/h3-5,7-8,12-13,16,19H,2,6,9-11H2,1H3. The molecule has 2 rings (SSSR count). The van der Waals surface area contributed by atoms with E-state index in [4.69, 9.17) is 0 Å². The zero-order chi connectivity index (χ0) is 14.2. The van der Waals surface area contributed by atoms with E-state index >= 15 is 0 Å². The highest BCUT2D eigenvalue weighted by Crippen LogP contribution is 2.26. The summed E-state index contributed by atoms with van der Waals surface area (Å²) in [5.74, 6) is 0. The van der Waals surface area contributed by atoms with Gasteiger partial charge in [0.2, 0.25) is 0 Å². The van der Waals surface area contributed by atoms with Gasteiger partial charge >= 0.3 is 0 Å². The number of aryl methyl sites for hydroxylation is 1. The Hall–Kier alpha value is -0.390. The van der Waals surface area contributed by atoms with Crippen molar-refractivity contribution in [3.63, 3.8) is 0 Å². The van der Waals surface area contributed by atoms with E-state index in [0.29, 0.717) is 6.04 Å². The van der Waals surface area contributed by atoms with E-state index in [1.807, 2.05) is 11.3 Å². The third-order valence-corrected chi connectivity index (χ3v) is 5.24. The lowest BCUT2D eigenvalue weighted by molar-refractivity contribution is 0.485. The van der Waals surface area contributed by atoms with Crippen molar-refractivity contribution in [1.29, 1.82) is 0 Å². The second-order valence-corrected chi connectivity index (χ2v) is 7.87. The lowest BCUT2D eigenvalue weighted by atomic mass is 10.0. The van der Waals surface area contributed by atoms with Gasteiger partial charge in [-0.25, -0.2) is 0 Å². The summed E-state index contributed by atoms with van der Waals surface area (Å²) < 4.78 is 1.38. The summed E-state index contributed by atoms with van der Waals surface area (Å²) in [5, 5.41) is 5.99. The molecule has 0 saturated heterocycles. The van der Waals surface area contributed by atoms with Crippen LogP contribution in [-0.4, -0.2) is 6.54 Å². The Morgan fingerprint density at radius 2 is 2.05 bits per heavy atom. The molecule has 0 aliphatic carbocycles. The molecule has 0 saturated carbocycles. The lowest BCUT2D eigenvalue weighted by Gasteiger charge is -2.17. The van der Waals surface area contributed by atoms with E-state index in [-0.39, 0.29) is 0 Å². The van der Waals surface area contributed by atoms with E-state index in [9.17, 15) is 0 Å². The van der Waals surface area contributed by atoms with E-state index < -0.39 is 0 Å². The van der Waals surface area contributed by atoms with Crippen LogP contribution >= 0.6 is 33.9 Å². The van der Waals surface area contributed by atoms with Crippen molar-refractivity contribution >= 4 is 33.9 Å². The summed E-state index contributed by atoms with van der Waals surface area (Å²) in [6.07, 6.45) is 4.81. The van der Waals surface area contributed by atoms with Gasteiger partial charge in [0.05, 0.1) is 2.88 Å². The summed E-state index contributed by atoms with van der Waals surface area (Å²) in [4.78, 5) is 0. The zero-order valence-electron chi connectivity index (χ0n) is 11.9. The normalized spacial score (nSPS) is 12.5. The zero-order valence-corrected chi connectivity index (χ0v) is 14.9. The fourth-order valence-corrected chi connectivity index (χ4v) is 3.79. The maximum Gasteiger partial charge on any atom is 0.0656 e. The molecule has 0 radical (unpaired) electrons. The Kier molecular flexibility index (Phi) is 7.03. The number of nitrogens with one attached hydrogen (secondary N) is 1. The van der Waals surface area contributed by atoms with Crippen molar-refractivity contribution < 1.29 is 0 Å². The van der Waals surface area contributed by atoms with Crippen LogP contribution in [-0.2, 0) is 6.42 Å². The van der Waals surface area contributed by atoms with E-state index in [2.05, 4.69) is 76.6 Å². The molecule has 0 aliphatic rings. The largest absolute Gasteiger partial charge is 0.310 e. The van der Waals surface area contributed by atoms with Crippen molar-refractivity contribution in [3.8, 4) is 0 Å². The molecule has 0 amide bonds. The molecule has 1 N–H and O–H groups in total. The van der Waals surface area contributed by atoms with Gasteiger partial charge < -0.3 is 5.32 Å². The molecular formula is C17H22INS. The molecular weight excluding hydrogens is 377 g/mol. The van der Waals surface area contributed by atoms with Crippen LogP contribution in [0.5, 0.6) is 0 Å². The molecule has 108 valence electrons. The van der Waals surface area contributed by atoms with Crippen LogP contribution in [0.1, 0.15) is 43.4 Å². The first kappa shape index (κ1) is 16.0.